The van der Waals surface area contributed by atoms with Crippen LogP contribution in [0.15, 0.2) is 0 Å². The summed E-state index contributed by atoms with van der Waals surface area (Å²) < 4.78 is 4.88. The van der Waals surface area contributed by atoms with Gasteiger partial charge in [0, 0.05) is 13.2 Å². The van der Waals surface area contributed by atoms with Gasteiger partial charge in [-0.1, -0.05) is 6.42 Å². The lowest BCUT2D eigenvalue weighted by Gasteiger charge is -2.37. The van der Waals surface area contributed by atoms with E-state index >= 15 is 0 Å². The Hall–Kier alpha value is -0.610. The van der Waals surface area contributed by atoms with Crippen LogP contribution in [0.1, 0.15) is 19.3 Å². The van der Waals surface area contributed by atoms with Gasteiger partial charge in [-0.15, -0.1) is 0 Å². The van der Waals surface area contributed by atoms with Gasteiger partial charge in [0.1, 0.15) is 6.04 Å². The van der Waals surface area contributed by atoms with Crippen molar-refractivity contribution in [1.82, 2.24) is 4.90 Å². The molecular formula is C9H17NO3. The zero-order valence-electron chi connectivity index (χ0n) is 8.19. The number of methoxy groups -OCH3 is 1. The number of hydrogen-bond donors (Lipinski definition) is 1. The molecule has 0 aromatic carbocycles. The summed E-state index contributed by atoms with van der Waals surface area (Å²) in [6, 6.07) is -0.0495. The monoisotopic (exact) mass is 187 g/mol. The van der Waals surface area contributed by atoms with Crippen molar-refractivity contribution in [3.05, 3.63) is 0 Å². The quantitative estimate of drug-likeness (QED) is 0.683. The van der Waals surface area contributed by atoms with Gasteiger partial charge < -0.3 is 9.84 Å². The molecule has 0 saturated heterocycles. The molecular weight excluding hydrogens is 170 g/mol. The van der Waals surface area contributed by atoms with Crippen molar-refractivity contribution in [2.45, 2.75) is 31.3 Å². The van der Waals surface area contributed by atoms with Crippen LogP contribution < -0.4 is 0 Å². The Kier molecular flexibility index (Phi) is 3.69. The van der Waals surface area contributed by atoms with E-state index in [9.17, 15) is 4.79 Å². The van der Waals surface area contributed by atoms with Crippen LogP contribution in [0, 0.1) is 0 Å². The molecule has 0 aliphatic heterocycles. The van der Waals surface area contributed by atoms with Crippen molar-refractivity contribution < 1.29 is 14.6 Å². The lowest BCUT2D eigenvalue weighted by molar-refractivity contribution is -0.146. The van der Waals surface area contributed by atoms with E-state index in [4.69, 9.17) is 9.84 Å². The Morgan fingerprint density at radius 1 is 1.69 bits per heavy atom. The third-order valence-electron chi connectivity index (χ3n) is 2.75. The fourth-order valence-corrected chi connectivity index (χ4v) is 1.57. The second-order valence-electron chi connectivity index (χ2n) is 3.56. The molecule has 0 spiro atoms. The van der Waals surface area contributed by atoms with Gasteiger partial charge in [0.25, 0.3) is 0 Å². The Bertz CT molecular complexity index is 180. The maximum absolute atomic E-state index is 10.9. The van der Waals surface area contributed by atoms with E-state index < -0.39 is 12.0 Å². The van der Waals surface area contributed by atoms with Crippen LogP contribution in [0.25, 0.3) is 0 Å². The average Bonchev–Trinajstić information content (AvgIpc) is 1.95. The average molecular weight is 187 g/mol. The van der Waals surface area contributed by atoms with Crippen molar-refractivity contribution in [3.63, 3.8) is 0 Å². The SMILES string of the molecule is COCC(C(=O)O)N(C)C1CCC1. The highest BCUT2D eigenvalue weighted by Crippen LogP contribution is 2.25. The van der Waals surface area contributed by atoms with Gasteiger partial charge in [-0.2, -0.15) is 0 Å². The van der Waals surface area contributed by atoms with Crippen LogP contribution in [0.5, 0.6) is 0 Å². The summed E-state index contributed by atoms with van der Waals surface area (Å²) in [4.78, 5) is 12.8. The lowest BCUT2D eigenvalue weighted by atomic mass is 9.91. The molecule has 0 radical (unpaired) electrons. The van der Waals surface area contributed by atoms with Gasteiger partial charge in [0.05, 0.1) is 6.61 Å². The minimum absolute atomic E-state index is 0.266. The van der Waals surface area contributed by atoms with E-state index in [2.05, 4.69) is 0 Å². The van der Waals surface area contributed by atoms with Gasteiger partial charge in [-0.3, -0.25) is 9.69 Å². The summed E-state index contributed by atoms with van der Waals surface area (Å²) in [6.07, 6.45) is 3.45. The molecule has 0 heterocycles. The van der Waals surface area contributed by atoms with E-state index in [1.165, 1.54) is 13.5 Å². The normalized spacial score (nSPS) is 19.9. The molecule has 1 saturated carbocycles. The summed E-state index contributed by atoms with van der Waals surface area (Å²) in [6.45, 7) is 0.266. The van der Waals surface area contributed by atoms with Crippen LogP contribution in [-0.4, -0.2) is 48.8 Å². The minimum Gasteiger partial charge on any atom is -0.480 e. The molecule has 1 aliphatic carbocycles. The van der Waals surface area contributed by atoms with Crippen LogP contribution in [0.2, 0.25) is 0 Å². The largest absolute Gasteiger partial charge is 0.480 e. The summed E-state index contributed by atoms with van der Waals surface area (Å²) in [5.74, 6) is -0.795. The molecule has 1 rings (SSSR count). The molecule has 1 atom stereocenters. The van der Waals surface area contributed by atoms with Crippen LogP contribution >= 0.6 is 0 Å². The van der Waals surface area contributed by atoms with E-state index in [0.29, 0.717) is 6.04 Å². The number of nitrogens with zero attached hydrogens (tertiary/aromatic N) is 1. The molecule has 1 aliphatic rings. The summed E-state index contributed by atoms with van der Waals surface area (Å²) in [5, 5.41) is 8.92. The molecule has 1 N–H and O–H groups in total. The predicted molar refractivity (Wildman–Crippen MR) is 48.7 cm³/mol. The van der Waals surface area contributed by atoms with Gasteiger partial charge in [-0.25, -0.2) is 0 Å². The Labute approximate surface area is 78.5 Å². The summed E-state index contributed by atoms with van der Waals surface area (Å²) in [5.41, 5.74) is 0. The van der Waals surface area contributed by atoms with Crippen LogP contribution in [0.3, 0.4) is 0 Å². The predicted octanol–water partition coefficient (Wildman–Crippen LogP) is 0.570. The number of likely N-dealkylation sites (N-methyl/N-ethyl adjacent to an activating group) is 1. The summed E-state index contributed by atoms with van der Waals surface area (Å²) in [7, 11) is 3.40. The topological polar surface area (TPSA) is 49.8 Å². The van der Waals surface area contributed by atoms with E-state index in [1.807, 2.05) is 11.9 Å². The highest BCUT2D eigenvalue weighted by molar-refractivity contribution is 5.73. The minimum atomic E-state index is -0.795. The molecule has 0 bridgehead atoms. The number of carbonyl (C=O) groups is 1. The Morgan fingerprint density at radius 3 is 2.62 bits per heavy atom. The van der Waals surface area contributed by atoms with Crippen molar-refractivity contribution in [2.75, 3.05) is 20.8 Å². The summed E-state index contributed by atoms with van der Waals surface area (Å²) >= 11 is 0. The van der Waals surface area contributed by atoms with Crippen molar-refractivity contribution in [2.24, 2.45) is 0 Å². The van der Waals surface area contributed by atoms with Gasteiger partial charge in [0.2, 0.25) is 0 Å². The van der Waals surface area contributed by atoms with Crippen molar-refractivity contribution in [1.29, 1.82) is 0 Å². The third-order valence-corrected chi connectivity index (χ3v) is 2.75. The molecule has 1 unspecified atom stereocenters. The number of carboxylic acids is 1. The fraction of sp³-hybridized carbons (Fsp3) is 0.889. The highest BCUT2D eigenvalue weighted by Gasteiger charge is 2.31. The number of carboxylic acid groups (broad SMARTS) is 1. The van der Waals surface area contributed by atoms with E-state index in [-0.39, 0.29) is 6.61 Å². The zero-order valence-corrected chi connectivity index (χ0v) is 8.19. The molecule has 1 fully saturated rings. The van der Waals surface area contributed by atoms with Gasteiger partial charge in [-0.05, 0) is 19.9 Å². The first-order valence-corrected chi connectivity index (χ1v) is 4.60. The first-order valence-electron chi connectivity index (χ1n) is 4.60. The molecule has 0 aromatic heterocycles. The Balaban J connectivity index is 2.46. The first-order chi connectivity index (χ1) is 6.16. The Morgan fingerprint density at radius 2 is 2.31 bits per heavy atom. The number of rotatable bonds is 5. The van der Waals surface area contributed by atoms with Crippen LogP contribution in [-0.2, 0) is 9.53 Å². The standard InChI is InChI=1S/C9H17NO3/c1-10(7-4-3-5-7)8(6-13-2)9(11)12/h7-8H,3-6H2,1-2H3,(H,11,12). The van der Waals surface area contributed by atoms with E-state index in [0.717, 1.165) is 12.8 Å². The number of ether oxygens (including phenoxy) is 1. The molecule has 76 valence electrons. The lowest BCUT2D eigenvalue weighted by Crippen LogP contribution is -2.49. The third kappa shape index (κ3) is 2.42. The smallest absolute Gasteiger partial charge is 0.323 e. The number of aliphatic carboxylic acids is 1. The maximum Gasteiger partial charge on any atom is 0.323 e. The molecule has 0 amide bonds. The van der Waals surface area contributed by atoms with Crippen molar-refractivity contribution in [3.8, 4) is 0 Å². The molecule has 4 heteroatoms. The maximum atomic E-state index is 10.9. The van der Waals surface area contributed by atoms with E-state index in [1.54, 1.807) is 0 Å². The fourth-order valence-electron chi connectivity index (χ4n) is 1.57. The van der Waals surface area contributed by atoms with Crippen molar-refractivity contribution >= 4 is 5.97 Å². The zero-order chi connectivity index (χ0) is 9.84. The number of hydrogen-bond acceptors (Lipinski definition) is 3. The van der Waals surface area contributed by atoms with Gasteiger partial charge in [0.15, 0.2) is 0 Å². The highest BCUT2D eigenvalue weighted by atomic mass is 16.5. The van der Waals surface area contributed by atoms with Crippen LogP contribution in [0.4, 0.5) is 0 Å². The molecule has 4 nitrogen and oxygen atoms in total. The first kappa shape index (κ1) is 10.5. The van der Waals surface area contributed by atoms with Gasteiger partial charge >= 0.3 is 5.97 Å². The second kappa shape index (κ2) is 4.58. The second-order valence-corrected chi connectivity index (χ2v) is 3.56. The molecule has 0 aromatic rings. The molecule has 13 heavy (non-hydrogen) atoms.